The summed E-state index contributed by atoms with van der Waals surface area (Å²) in [5, 5.41) is 16.0. The van der Waals surface area contributed by atoms with E-state index in [0.29, 0.717) is 37.2 Å². The van der Waals surface area contributed by atoms with E-state index in [-0.39, 0.29) is 17.7 Å². The van der Waals surface area contributed by atoms with Gasteiger partial charge in [-0.15, -0.1) is 0 Å². The van der Waals surface area contributed by atoms with E-state index >= 15 is 0 Å². The number of aliphatic hydroxyl groups excluding tert-OH is 1. The molecule has 0 aliphatic heterocycles. The van der Waals surface area contributed by atoms with Gasteiger partial charge in [0.25, 0.3) is 5.91 Å². The average molecular weight is 371 g/mol. The van der Waals surface area contributed by atoms with Gasteiger partial charge in [-0.05, 0) is 38.3 Å². The lowest BCUT2D eigenvalue weighted by Gasteiger charge is -2.33. The Morgan fingerprint density at radius 1 is 1.30 bits per heavy atom. The quantitative estimate of drug-likeness (QED) is 0.717. The molecule has 0 unspecified atom stereocenters. The normalized spacial score (nSPS) is 22.3. The number of carbonyl (C=O) groups is 2. The van der Waals surface area contributed by atoms with Crippen LogP contribution in [0.15, 0.2) is 30.7 Å². The van der Waals surface area contributed by atoms with Crippen LogP contribution in [-0.4, -0.2) is 43.6 Å². The van der Waals surface area contributed by atoms with E-state index in [2.05, 4.69) is 20.6 Å². The Hall–Kier alpha value is -2.74. The summed E-state index contributed by atoms with van der Waals surface area (Å²) >= 11 is 0. The van der Waals surface area contributed by atoms with E-state index in [0.717, 1.165) is 5.69 Å². The summed E-state index contributed by atoms with van der Waals surface area (Å²) in [5.74, 6) is -0.601. The molecule has 3 N–H and O–H groups in total. The van der Waals surface area contributed by atoms with Crippen LogP contribution in [0.2, 0.25) is 0 Å². The molecule has 144 valence electrons. The molecule has 1 aliphatic carbocycles. The van der Waals surface area contributed by atoms with Crippen LogP contribution in [0.3, 0.4) is 0 Å². The first-order valence-corrected chi connectivity index (χ1v) is 9.09. The molecule has 1 fully saturated rings. The number of nitrogens with one attached hydrogen (secondary N) is 2. The van der Waals surface area contributed by atoms with Gasteiger partial charge in [-0.25, -0.2) is 0 Å². The molecule has 0 aromatic carbocycles. The third-order valence-electron chi connectivity index (χ3n) is 4.96. The van der Waals surface area contributed by atoms with Gasteiger partial charge in [-0.2, -0.15) is 0 Å². The Morgan fingerprint density at radius 2 is 2.11 bits per heavy atom. The summed E-state index contributed by atoms with van der Waals surface area (Å²) < 4.78 is 1.72. The Bertz CT molecular complexity index is 802. The van der Waals surface area contributed by atoms with Crippen LogP contribution in [0.5, 0.6) is 0 Å². The summed E-state index contributed by atoms with van der Waals surface area (Å²) in [4.78, 5) is 33.3. The van der Waals surface area contributed by atoms with Crippen molar-refractivity contribution in [2.24, 2.45) is 13.0 Å². The third-order valence-corrected chi connectivity index (χ3v) is 4.96. The van der Waals surface area contributed by atoms with Gasteiger partial charge in [0.15, 0.2) is 0 Å². The molecular formula is C19H25N5O3. The second-order valence-corrected chi connectivity index (χ2v) is 7.03. The molecule has 0 saturated heterocycles. The number of hydrogen-bond acceptors (Lipinski definition) is 5. The Balaban J connectivity index is 1.55. The zero-order valence-corrected chi connectivity index (χ0v) is 15.6. The maximum Gasteiger partial charge on any atom is 0.268 e. The number of amides is 2. The highest BCUT2D eigenvalue weighted by Gasteiger charge is 2.34. The Labute approximate surface area is 158 Å². The number of rotatable bonds is 5. The van der Waals surface area contributed by atoms with Gasteiger partial charge < -0.3 is 20.3 Å². The van der Waals surface area contributed by atoms with Gasteiger partial charge in [-0.1, -0.05) is 0 Å². The Kier molecular flexibility index (Phi) is 5.85. The predicted molar refractivity (Wildman–Crippen MR) is 98.6 cm³/mol. The highest BCUT2D eigenvalue weighted by molar-refractivity contribution is 5.93. The monoisotopic (exact) mass is 371 g/mol. The molecule has 2 aromatic rings. The van der Waals surface area contributed by atoms with Gasteiger partial charge in [0.2, 0.25) is 5.91 Å². The maximum absolute atomic E-state index is 12.5. The maximum atomic E-state index is 12.5. The average Bonchev–Trinajstić information content (AvgIpc) is 3.09. The summed E-state index contributed by atoms with van der Waals surface area (Å²) in [6.45, 7) is 2.16. The van der Waals surface area contributed by atoms with Crippen molar-refractivity contribution in [1.82, 2.24) is 25.2 Å². The first-order chi connectivity index (χ1) is 12.9. The van der Waals surface area contributed by atoms with E-state index in [4.69, 9.17) is 0 Å². The van der Waals surface area contributed by atoms with Crippen molar-refractivity contribution in [2.75, 3.05) is 0 Å². The lowest BCUT2D eigenvalue weighted by Crippen LogP contribution is -2.49. The zero-order valence-electron chi connectivity index (χ0n) is 15.6. The molecule has 2 heterocycles. The van der Waals surface area contributed by atoms with Crippen molar-refractivity contribution < 1.29 is 14.7 Å². The van der Waals surface area contributed by atoms with Crippen molar-refractivity contribution in [3.05, 3.63) is 47.8 Å². The second-order valence-electron chi connectivity index (χ2n) is 7.03. The van der Waals surface area contributed by atoms with Crippen molar-refractivity contribution in [2.45, 2.75) is 44.9 Å². The number of aliphatic hydroxyl groups is 1. The lowest BCUT2D eigenvalue weighted by atomic mass is 9.83. The van der Waals surface area contributed by atoms with Crippen molar-refractivity contribution in [1.29, 1.82) is 0 Å². The van der Waals surface area contributed by atoms with Gasteiger partial charge in [0.1, 0.15) is 5.69 Å². The molecule has 8 heteroatoms. The summed E-state index contributed by atoms with van der Waals surface area (Å²) in [6.07, 6.45) is 5.90. The highest BCUT2D eigenvalue weighted by atomic mass is 16.3. The van der Waals surface area contributed by atoms with Crippen LogP contribution in [-0.2, 0) is 18.4 Å². The number of nitrogens with zero attached hydrogens (tertiary/aromatic N) is 3. The van der Waals surface area contributed by atoms with Crippen molar-refractivity contribution in [3.63, 3.8) is 0 Å². The molecule has 2 aromatic heterocycles. The fraction of sp³-hybridized carbons (Fsp3) is 0.474. The molecule has 0 spiro atoms. The van der Waals surface area contributed by atoms with E-state index in [1.54, 1.807) is 42.3 Å². The van der Waals surface area contributed by atoms with Crippen LogP contribution >= 0.6 is 0 Å². The molecule has 27 heavy (non-hydrogen) atoms. The smallest absolute Gasteiger partial charge is 0.268 e. The van der Waals surface area contributed by atoms with Crippen molar-refractivity contribution in [3.8, 4) is 0 Å². The van der Waals surface area contributed by atoms with Crippen molar-refractivity contribution >= 4 is 11.8 Å². The number of aryl methyl sites for hydroxylation is 2. The number of aromatic nitrogens is 3. The molecule has 1 saturated carbocycles. The van der Waals surface area contributed by atoms with E-state index < -0.39 is 12.1 Å². The largest absolute Gasteiger partial charge is 0.391 e. The minimum absolute atomic E-state index is 0.0950. The summed E-state index contributed by atoms with van der Waals surface area (Å²) in [6, 6.07) is 3.06. The standard InChI is InChI=1S/C19H25N5O3/c1-12-9-21-14(10-20-12)11-22-18(26)13-5-6-17(25)15(8-13)23-19(27)16-4-3-7-24(16)2/h3-4,7,9-10,13,15,17,25H,5-6,8,11H2,1-2H3,(H,22,26)(H,23,27)/t13-,15+,17+/m0/s1. The molecule has 1 aliphatic rings. The molecular weight excluding hydrogens is 346 g/mol. The van der Waals surface area contributed by atoms with Gasteiger partial charge in [0.05, 0.1) is 36.3 Å². The molecule has 8 nitrogen and oxygen atoms in total. The van der Waals surface area contributed by atoms with Gasteiger partial charge >= 0.3 is 0 Å². The SMILES string of the molecule is Cc1cnc(CNC(=O)[C@H]2CC[C@@H](O)[C@H](NC(=O)c3cccn3C)C2)cn1. The van der Waals surface area contributed by atoms with E-state index in [1.807, 2.05) is 6.92 Å². The highest BCUT2D eigenvalue weighted by Crippen LogP contribution is 2.25. The van der Waals surface area contributed by atoms with Crippen LogP contribution in [0, 0.1) is 12.8 Å². The molecule has 0 bridgehead atoms. The molecule has 3 rings (SSSR count). The minimum Gasteiger partial charge on any atom is -0.391 e. The first kappa shape index (κ1) is 19.0. The number of carbonyl (C=O) groups excluding carboxylic acids is 2. The van der Waals surface area contributed by atoms with Gasteiger partial charge in [0, 0.05) is 25.4 Å². The van der Waals surface area contributed by atoms with Gasteiger partial charge in [-0.3, -0.25) is 19.6 Å². The second kappa shape index (κ2) is 8.30. The number of hydrogen-bond donors (Lipinski definition) is 3. The van der Waals surface area contributed by atoms with Crippen LogP contribution in [0.25, 0.3) is 0 Å². The topological polar surface area (TPSA) is 109 Å². The first-order valence-electron chi connectivity index (χ1n) is 9.09. The minimum atomic E-state index is -0.652. The zero-order chi connectivity index (χ0) is 19.4. The van der Waals surface area contributed by atoms with E-state index in [9.17, 15) is 14.7 Å². The summed E-state index contributed by atoms with van der Waals surface area (Å²) in [7, 11) is 1.79. The fourth-order valence-electron chi connectivity index (χ4n) is 3.32. The molecule has 3 atom stereocenters. The third kappa shape index (κ3) is 4.71. The lowest BCUT2D eigenvalue weighted by molar-refractivity contribution is -0.127. The molecule has 0 radical (unpaired) electrons. The Morgan fingerprint density at radius 3 is 2.78 bits per heavy atom. The summed E-state index contributed by atoms with van der Waals surface area (Å²) in [5.41, 5.74) is 2.04. The van der Waals surface area contributed by atoms with Crippen LogP contribution in [0.4, 0.5) is 0 Å². The van der Waals surface area contributed by atoms with Crippen LogP contribution < -0.4 is 10.6 Å². The predicted octanol–water partition coefficient (Wildman–Crippen LogP) is 0.699. The van der Waals surface area contributed by atoms with E-state index in [1.165, 1.54) is 0 Å². The fourth-order valence-corrected chi connectivity index (χ4v) is 3.32. The van der Waals surface area contributed by atoms with Crippen LogP contribution in [0.1, 0.15) is 41.1 Å². The molecule has 2 amide bonds.